The van der Waals surface area contributed by atoms with E-state index in [-0.39, 0.29) is 0 Å². The van der Waals surface area contributed by atoms with Gasteiger partial charge in [-0.25, -0.2) is 0 Å². The SMILES string of the molecule is O=N/C=C/c1cncc(Br)c1. The molecule has 0 fully saturated rings. The molecule has 0 unspecified atom stereocenters. The number of nitrogens with zero attached hydrogens (tertiary/aromatic N) is 2. The Balaban J connectivity index is 2.87. The van der Waals surface area contributed by atoms with Gasteiger partial charge in [-0.15, -0.1) is 4.91 Å². The van der Waals surface area contributed by atoms with Crippen molar-refractivity contribution in [3.05, 3.63) is 39.6 Å². The smallest absolute Gasteiger partial charge is 0.0721 e. The zero-order valence-corrected chi connectivity index (χ0v) is 7.15. The zero-order chi connectivity index (χ0) is 8.10. The van der Waals surface area contributed by atoms with Crippen LogP contribution in [0.25, 0.3) is 6.08 Å². The van der Waals surface area contributed by atoms with Gasteiger partial charge in [0.05, 0.1) is 6.20 Å². The minimum absolute atomic E-state index is 0.846. The van der Waals surface area contributed by atoms with E-state index in [0.29, 0.717) is 0 Å². The van der Waals surface area contributed by atoms with Crippen LogP contribution in [-0.2, 0) is 0 Å². The number of aromatic nitrogens is 1. The van der Waals surface area contributed by atoms with E-state index < -0.39 is 0 Å². The van der Waals surface area contributed by atoms with E-state index in [1.165, 1.54) is 6.20 Å². The first-order chi connectivity index (χ1) is 5.33. The summed E-state index contributed by atoms with van der Waals surface area (Å²) in [4.78, 5) is 13.6. The van der Waals surface area contributed by atoms with Crippen molar-refractivity contribution in [1.29, 1.82) is 0 Å². The van der Waals surface area contributed by atoms with Gasteiger partial charge in [0, 0.05) is 16.9 Å². The molecule has 0 aromatic carbocycles. The standard InChI is InChI=1S/C7H5BrN2O/c8-7-3-6(1-2-10-11)4-9-5-7/h1-5H/b2-1+. The van der Waals surface area contributed by atoms with Crippen LogP contribution in [0.1, 0.15) is 5.56 Å². The van der Waals surface area contributed by atoms with Crippen molar-refractivity contribution >= 4 is 22.0 Å². The Bertz CT molecular complexity index is 286. The highest BCUT2D eigenvalue weighted by molar-refractivity contribution is 9.10. The number of hydrogen-bond acceptors (Lipinski definition) is 3. The lowest BCUT2D eigenvalue weighted by Crippen LogP contribution is -1.74. The first-order valence-corrected chi connectivity index (χ1v) is 3.72. The van der Waals surface area contributed by atoms with E-state index in [2.05, 4.69) is 26.1 Å². The first kappa shape index (κ1) is 8.07. The normalized spacial score (nSPS) is 10.3. The molecule has 0 bridgehead atoms. The Labute approximate surface area is 72.3 Å². The lowest BCUT2D eigenvalue weighted by Gasteiger charge is -1.90. The second-order valence-corrected chi connectivity index (χ2v) is 2.77. The van der Waals surface area contributed by atoms with Crippen LogP contribution < -0.4 is 0 Å². The van der Waals surface area contributed by atoms with Crippen LogP contribution in [0.2, 0.25) is 0 Å². The number of hydrogen-bond donors (Lipinski definition) is 0. The van der Waals surface area contributed by atoms with Crippen molar-refractivity contribution in [2.45, 2.75) is 0 Å². The Kier molecular flexibility index (Phi) is 2.92. The summed E-state index contributed by atoms with van der Waals surface area (Å²) < 4.78 is 0.880. The molecule has 1 heterocycles. The molecule has 0 aliphatic rings. The summed E-state index contributed by atoms with van der Waals surface area (Å²) >= 11 is 3.25. The van der Waals surface area contributed by atoms with Gasteiger partial charge in [-0.2, -0.15) is 0 Å². The van der Waals surface area contributed by atoms with Gasteiger partial charge in [0.2, 0.25) is 0 Å². The second-order valence-electron chi connectivity index (χ2n) is 1.86. The first-order valence-electron chi connectivity index (χ1n) is 2.92. The molecule has 3 nitrogen and oxygen atoms in total. The van der Waals surface area contributed by atoms with E-state index in [0.717, 1.165) is 10.0 Å². The Hall–Kier alpha value is -1.03. The fourth-order valence-corrected chi connectivity index (χ4v) is 1.02. The highest BCUT2D eigenvalue weighted by Gasteiger charge is 1.88. The fourth-order valence-electron chi connectivity index (χ4n) is 0.636. The van der Waals surface area contributed by atoms with Crippen LogP contribution >= 0.6 is 15.9 Å². The van der Waals surface area contributed by atoms with Crippen molar-refractivity contribution in [3.8, 4) is 0 Å². The van der Waals surface area contributed by atoms with Crippen LogP contribution in [-0.4, -0.2) is 4.98 Å². The molecule has 1 aromatic rings. The topological polar surface area (TPSA) is 42.3 Å². The van der Waals surface area contributed by atoms with Crippen molar-refractivity contribution in [3.63, 3.8) is 0 Å². The van der Waals surface area contributed by atoms with E-state index >= 15 is 0 Å². The van der Waals surface area contributed by atoms with Crippen LogP contribution in [0.4, 0.5) is 0 Å². The van der Waals surface area contributed by atoms with Gasteiger partial charge < -0.3 is 0 Å². The summed E-state index contributed by atoms with van der Waals surface area (Å²) in [6.07, 6.45) is 6.09. The zero-order valence-electron chi connectivity index (χ0n) is 5.57. The molecule has 56 valence electrons. The molecular weight excluding hydrogens is 208 g/mol. The summed E-state index contributed by atoms with van der Waals surface area (Å²) in [5.41, 5.74) is 0.846. The molecule has 1 rings (SSSR count). The highest BCUT2D eigenvalue weighted by Crippen LogP contribution is 2.10. The maximum absolute atomic E-state index is 9.69. The van der Waals surface area contributed by atoms with Crippen LogP contribution in [0.15, 0.2) is 34.3 Å². The van der Waals surface area contributed by atoms with Crippen LogP contribution in [0.3, 0.4) is 0 Å². The van der Waals surface area contributed by atoms with Gasteiger partial charge in [0.15, 0.2) is 0 Å². The summed E-state index contributed by atoms with van der Waals surface area (Å²) in [5, 5.41) is 2.59. The quantitative estimate of drug-likeness (QED) is 0.708. The lowest BCUT2D eigenvalue weighted by molar-refractivity contribution is 1.30. The molecule has 4 heteroatoms. The van der Waals surface area contributed by atoms with Gasteiger partial charge in [0.25, 0.3) is 0 Å². The third-order valence-corrected chi connectivity index (χ3v) is 1.49. The van der Waals surface area contributed by atoms with Gasteiger partial charge in [-0.05, 0) is 38.8 Å². The van der Waals surface area contributed by atoms with Crippen LogP contribution in [0, 0.1) is 4.91 Å². The average Bonchev–Trinajstić information content (AvgIpc) is 2.01. The van der Waals surface area contributed by atoms with E-state index in [4.69, 9.17) is 0 Å². The summed E-state index contributed by atoms with van der Waals surface area (Å²) in [6, 6.07) is 1.84. The molecule has 0 saturated carbocycles. The number of pyridine rings is 1. The second kappa shape index (κ2) is 3.98. The van der Waals surface area contributed by atoms with Crippen molar-refractivity contribution in [2.75, 3.05) is 0 Å². The Morgan fingerprint density at radius 1 is 1.55 bits per heavy atom. The number of halogens is 1. The third kappa shape index (κ3) is 2.59. The predicted molar refractivity (Wildman–Crippen MR) is 46.8 cm³/mol. The van der Waals surface area contributed by atoms with E-state index in [1.807, 2.05) is 6.07 Å². The molecule has 0 spiro atoms. The molecule has 11 heavy (non-hydrogen) atoms. The van der Waals surface area contributed by atoms with Gasteiger partial charge in [-0.3, -0.25) is 4.98 Å². The summed E-state index contributed by atoms with van der Waals surface area (Å²) in [6.45, 7) is 0. The molecule has 0 aliphatic heterocycles. The average molecular weight is 213 g/mol. The van der Waals surface area contributed by atoms with Crippen molar-refractivity contribution in [1.82, 2.24) is 4.98 Å². The minimum atomic E-state index is 0.846. The lowest BCUT2D eigenvalue weighted by atomic mass is 10.3. The summed E-state index contributed by atoms with van der Waals surface area (Å²) in [7, 11) is 0. The maximum Gasteiger partial charge on any atom is 0.0721 e. The predicted octanol–water partition coefficient (Wildman–Crippen LogP) is 2.58. The van der Waals surface area contributed by atoms with Gasteiger partial charge >= 0.3 is 0 Å². The number of rotatable bonds is 2. The Morgan fingerprint density at radius 3 is 3.00 bits per heavy atom. The monoisotopic (exact) mass is 212 g/mol. The van der Waals surface area contributed by atoms with E-state index in [1.54, 1.807) is 18.5 Å². The van der Waals surface area contributed by atoms with Crippen molar-refractivity contribution < 1.29 is 0 Å². The molecule has 0 atom stereocenters. The van der Waals surface area contributed by atoms with Crippen molar-refractivity contribution in [2.24, 2.45) is 5.18 Å². The maximum atomic E-state index is 9.69. The summed E-state index contributed by atoms with van der Waals surface area (Å²) in [5.74, 6) is 0. The molecule has 0 N–H and O–H groups in total. The number of nitroso groups, excluding NO2 is 1. The molecule has 1 aromatic heterocycles. The molecule has 0 radical (unpaired) electrons. The van der Waals surface area contributed by atoms with E-state index in [9.17, 15) is 4.91 Å². The highest BCUT2D eigenvalue weighted by atomic mass is 79.9. The van der Waals surface area contributed by atoms with Crippen LogP contribution in [0.5, 0.6) is 0 Å². The fraction of sp³-hybridized carbons (Fsp3) is 0. The van der Waals surface area contributed by atoms with Gasteiger partial charge in [0.1, 0.15) is 0 Å². The molecular formula is C7H5BrN2O. The molecule has 0 aliphatic carbocycles. The Morgan fingerprint density at radius 2 is 2.36 bits per heavy atom. The third-order valence-electron chi connectivity index (χ3n) is 1.05. The van der Waals surface area contributed by atoms with Gasteiger partial charge in [-0.1, -0.05) is 0 Å². The molecule has 0 amide bonds. The minimum Gasteiger partial charge on any atom is -0.263 e. The molecule has 0 saturated heterocycles. The largest absolute Gasteiger partial charge is 0.263 e.